The van der Waals surface area contributed by atoms with Gasteiger partial charge in [-0.3, -0.25) is 9.69 Å². The van der Waals surface area contributed by atoms with Crippen LogP contribution in [0.1, 0.15) is 16.4 Å². The van der Waals surface area contributed by atoms with Crippen LogP contribution in [-0.2, 0) is 13.6 Å². The zero-order valence-corrected chi connectivity index (χ0v) is 17.1. The van der Waals surface area contributed by atoms with Gasteiger partial charge in [-0.2, -0.15) is 0 Å². The van der Waals surface area contributed by atoms with E-state index in [1.54, 1.807) is 17.2 Å². The van der Waals surface area contributed by atoms with Crippen LogP contribution in [-0.4, -0.2) is 15.5 Å². The van der Waals surface area contributed by atoms with E-state index in [0.717, 1.165) is 28.0 Å². The number of imidazole rings is 1. The van der Waals surface area contributed by atoms with E-state index in [4.69, 9.17) is 4.42 Å². The van der Waals surface area contributed by atoms with Crippen LogP contribution < -0.4 is 4.90 Å². The fourth-order valence-electron chi connectivity index (χ4n) is 3.66. The molecule has 152 valence electrons. The highest BCUT2D eigenvalue weighted by atomic mass is 16.3. The second-order valence-corrected chi connectivity index (χ2v) is 7.41. The van der Waals surface area contributed by atoms with E-state index in [2.05, 4.69) is 17.1 Å². The quantitative estimate of drug-likeness (QED) is 0.377. The van der Waals surface area contributed by atoms with Gasteiger partial charge in [0.15, 0.2) is 5.76 Å². The Morgan fingerprint density at radius 1 is 0.935 bits per heavy atom. The standard InChI is InChI=1S/C26H21N3O2/c1-28-16-15-27-25(28)18-29(26(30)24-17-21-9-5-6-10-23(21)31-24)22-13-11-20(12-14-22)19-7-3-2-4-8-19/h2-17H,18H2,1H3. The number of anilines is 1. The first-order chi connectivity index (χ1) is 15.2. The Bertz CT molecular complexity index is 1300. The lowest BCUT2D eigenvalue weighted by Crippen LogP contribution is -2.31. The van der Waals surface area contributed by atoms with Gasteiger partial charge in [-0.05, 0) is 35.4 Å². The highest BCUT2D eigenvalue weighted by Crippen LogP contribution is 2.27. The van der Waals surface area contributed by atoms with E-state index < -0.39 is 0 Å². The largest absolute Gasteiger partial charge is 0.451 e. The van der Waals surface area contributed by atoms with Crippen LogP contribution in [0, 0.1) is 0 Å². The predicted octanol–water partition coefficient (Wildman–Crippen LogP) is 5.68. The zero-order valence-electron chi connectivity index (χ0n) is 17.1. The van der Waals surface area contributed by atoms with Crippen LogP contribution in [0.15, 0.2) is 102 Å². The van der Waals surface area contributed by atoms with Gasteiger partial charge in [-0.15, -0.1) is 0 Å². The van der Waals surface area contributed by atoms with Crippen molar-refractivity contribution in [2.45, 2.75) is 6.54 Å². The van der Waals surface area contributed by atoms with Crippen LogP contribution in [0.5, 0.6) is 0 Å². The van der Waals surface area contributed by atoms with Gasteiger partial charge >= 0.3 is 0 Å². The molecule has 0 aliphatic heterocycles. The molecule has 5 rings (SSSR count). The molecule has 0 bridgehead atoms. The monoisotopic (exact) mass is 407 g/mol. The van der Waals surface area contributed by atoms with Gasteiger partial charge in [0.25, 0.3) is 5.91 Å². The van der Waals surface area contributed by atoms with Gasteiger partial charge in [-0.1, -0.05) is 60.7 Å². The average molecular weight is 407 g/mol. The number of carbonyl (C=O) groups excluding carboxylic acids is 1. The minimum atomic E-state index is -0.202. The van der Waals surface area contributed by atoms with Crippen molar-refractivity contribution in [1.82, 2.24) is 9.55 Å². The fraction of sp³-hybridized carbons (Fsp3) is 0.0769. The van der Waals surface area contributed by atoms with Gasteiger partial charge in [0, 0.05) is 30.5 Å². The molecule has 0 aliphatic rings. The molecule has 0 spiro atoms. The number of aryl methyl sites for hydroxylation is 1. The number of benzene rings is 3. The van der Waals surface area contributed by atoms with E-state index in [1.807, 2.05) is 84.5 Å². The Morgan fingerprint density at radius 3 is 2.35 bits per heavy atom. The summed E-state index contributed by atoms with van der Waals surface area (Å²) in [6.45, 7) is 0.337. The second-order valence-electron chi connectivity index (χ2n) is 7.41. The predicted molar refractivity (Wildman–Crippen MR) is 122 cm³/mol. The van der Waals surface area contributed by atoms with Crippen LogP contribution in [0.4, 0.5) is 5.69 Å². The first kappa shape index (κ1) is 18.9. The number of hydrogen-bond donors (Lipinski definition) is 0. The molecule has 0 unspecified atom stereocenters. The fourth-order valence-corrected chi connectivity index (χ4v) is 3.66. The molecule has 2 aromatic heterocycles. The third-order valence-electron chi connectivity index (χ3n) is 5.39. The number of aromatic nitrogens is 2. The highest BCUT2D eigenvalue weighted by Gasteiger charge is 2.23. The van der Waals surface area contributed by atoms with Crippen molar-refractivity contribution in [2.24, 2.45) is 7.05 Å². The molecular weight excluding hydrogens is 386 g/mol. The van der Waals surface area contributed by atoms with E-state index in [9.17, 15) is 4.79 Å². The molecule has 5 aromatic rings. The summed E-state index contributed by atoms with van der Waals surface area (Å²) in [4.78, 5) is 19.6. The lowest BCUT2D eigenvalue weighted by molar-refractivity contribution is 0.0959. The molecule has 3 aromatic carbocycles. The van der Waals surface area contributed by atoms with E-state index in [1.165, 1.54) is 0 Å². The van der Waals surface area contributed by atoms with E-state index in [0.29, 0.717) is 17.9 Å². The molecule has 0 fully saturated rings. The lowest BCUT2D eigenvalue weighted by atomic mass is 10.1. The molecule has 5 heteroatoms. The molecular formula is C26H21N3O2. The first-order valence-corrected chi connectivity index (χ1v) is 10.1. The summed E-state index contributed by atoms with van der Waals surface area (Å²) >= 11 is 0. The number of fused-ring (bicyclic) bond motifs is 1. The van der Waals surface area contributed by atoms with Crippen molar-refractivity contribution >= 4 is 22.6 Å². The van der Waals surface area contributed by atoms with Crippen molar-refractivity contribution in [3.63, 3.8) is 0 Å². The molecule has 1 amide bonds. The second kappa shape index (κ2) is 7.95. The molecule has 5 nitrogen and oxygen atoms in total. The average Bonchev–Trinajstić information content (AvgIpc) is 3.43. The summed E-state index contributed by atoms with van der Waals surface area (Å²) in [5.41, 5.74) is 3.71. The molecule has 2 heterocycles. The minimum Gasteiger partial charge on any atom is -0.451 e. The molecule has 0 radical (unpaired) electrons. The maximum Gasteiger partial charge on any atom is 0.294 e. The van der Waals surface area contributed by atoms with Crippen molar-refractivity contribution in [3.8, 4) is 11.1 Å². The van der Waals surface area contributed by atoms with Crippen LogP contribution >= 0.6 is 0 Å². The summed E-state index contributed by atoms with van der Waals surface area (Å²) in [5.74, 6) is 0.894. The smallest absolute Gasteiger partial charge is 0.294 e. The normalized spacial score (nSPS) is 11.0. The third kappa shape index (κ3) is 3.73. The highest BCUT2D eigenvalue weighted by molar-refractivity contribution is 6.06. The number of nitrogens with zero attached hydrogens (tertiary/aromatic N) is 3. The number of para-hydroxylation sites is 1. The first-order valence-electron chi connectivity index (χ1n) is 10.1. The summed E-state index contributed by atoms with van der Waals surface area (Å²) < 4.78 is 7.77. The van der Waals surface area contributed by atoms with Crippen LogP contribution in [0.25, 0.3) is 22.1 Å². The van der Waals surface area contributed by atoms with Gasteiger partial charge in [0.05, 0.1) is 6.54 Å². The number of furan rings is 1. The molecule has 0 atom stereocenters. The Hall–Kier alpha value is -4.12. The van der Waals surface area contributed by atoms with E-state index >= 15 is 0 Å². The van der Waals surface area contributed by atoms with Crippen LogP contribution in [0.3, 0.4) is 0 Å². The summed E-state index contributed by atoms with van der Waals surface area (Å²) in [6.07, 6.45) is 3.61. The Kier molecular flexibility index (Phi) is 4.84. The maximum atomic E-state index is 13.5. The molecule has 0 saturated carbocycles. The van der Waals surface area contributed by atoms with E-state index in [-0.39, 0.29) is 5.91 Å². The lowest BCUT2D eigenvalue weighted by Gasteiger charge is -2.22. The third-order valence-corrected chi connectivity index (χ3v) is 5.39. The Labute approximate surface area is 180 Å². The van der Waals surface area contributed by atoms with Crippen LogP contribution in [0.2, 0.25) is 0 Å². The van der Waals surface area contributed by atoms with Crippen molar-refractivity contribution in [1.29, 1.82) is 0 Å². The van der Waals surface area contributed by atoms with Crippen molar-refractivity contribution in [3.05, 3.63) is 109 Å². The molecule has 0 saturated heterocycles. The molecule has 0 N–H and O–H groups in total. The SMILES string of the molecule is Cn1ccnc1CN(C(=O)c1cc2ccccc2o1)c1ccc(-c2ccccc2)cc1. The van der Waals surface area contributed by atoms with Gasteiger partial charge in [0.2, 0.25) is 0 Å². The number of amides is 1. The maximum absolute atomic E-state index is 13.5. The van der Waals surface area contributed by atoms with Crippen molar-refractivity contribution < 1.29 is 9.21 Å². The number of hydrogen-bond acceptors (Lipinski definition) is 3. The number of carbonyl (C=O) groups is 1. The summed E-state index contributed by atoms with van der Waals surface area (Å²) in [6, 6.07) is 27.6. The topological polar surface area (TPSA) is 51.3 Å². The van der Waals surface area contributed by atoms with Crippen molar-refractivity contribution in [2.75, 3.05) is 4.90 Å². The Morgan fingerprint density at radius 2 is 1.65 bits per heavy atom. The summed E-state index contributed by atoms with van der Waals surface area (Å²) in [7, 11) is 1.92. The molecule has 0 aliphatic carbocycles. The Balaban J connectivity index is 1.52. The number of rotatable bonds is 5. The van der Waals surface area contributed by atoms with Gasteiger partial charge in [-0.25, -0.2) is 4.98 Å². The molecule has 31 heavy (non-hydrogen) atoms. The zero-order chi connectivity index (χ0) is 21.2. The van der Waals surface area contributed by atoms with Gasteiger partial charge < -0.3 is 8.98 Å². The summed E-state index contributed by atoms with van der Waals surface area (Å²) in [5, 5.41) is 0.905. The van der Waals surface area contributed by atoms with Gasteiger partial charge in [0.1, 0.15) is 11.4 Å². The minimum absolute atomic E-state index is 0.202.